The van der Waals surface area contributed by atoms with E-state index in [2.05, 4.69) is 0 Å². The average Bonchev–Trinajstić information content (AvgIpc) is 3.95. The number of methoxy groups -OCH3 is 2. The number of fused-ring (bicyclic) bond motifs is 8. The first-order valence-electron chi connectivity index (χ1n) is 21.3. The summed E-state index contributed by atoms with van der Waals surface area (Å²) in [6, 6.07) is 29.9. The number of hydrogen-bond donors (Lipinski definition) is 2. The van der Waals surface area contributed by atoms with Crippen molar-refractivity contribution in [3.8, 4) is 40.5 Å². The highest BCUT2D eigenvalue weighted by atomic mass is 16.7. The molecule has 16 nitrogen and oxygen atoms in total. The highest BCUT2D eigenvalue weighted by Gasteiger charge is 2.38. The first-order chi connectivity index (χ1) is 32.1. The summed E-state index contributed by atoms with van der Waals surface area (Å²) in [6.07, 6.45) is 5.10. The molecule has 2 amide bonds. The molecular formula is C50H43N5O11. The van der Waals surface area contributed by atoms with Gasteiger partial charge >= 0.3 is 5.97 Å². The molecule has 6 aromatic rings. The highest BCUT2D eigenvalue weighted by molar-refractivity contribution is 6.15. The topological polar surface area (TPSA) is 183 Å². The fourth-order valence-electron chi connectivity index (χ4n) is 8.73. The van der Waals surface area contributed by atoms with Crippen LogP contribution in [-0.2, 0) is 30.8 Å². The van der Waals surface area contributed by atoms with Crippen molar-refractivity contribution in [2.75, 3.05) is 30.6 Å². The minimum atomic E-state index is -0.687. The molecule has 0 saturated carbocycles. The van der Waals surface area contributed by atoms with Gasteiger partial charge in [0.05, 0.1) is 61.8 Å². The molecular weight excluding hydrogens is 847 g/mol. The zero-order valence-corrected chi connectivity index (χ0v) is 35.9. The zero-order valence-electron chi connectivity index (χ0n) is 35.9. The van der Waals surface area contributed by atoms with Crippen LogP contribution in [-0.4, -0.2) is 78.1 Å². The number of carbonyl (C=O) groups excluding carboxylic acids is 3. The molecule has 0 radical (unpaired) electrons. The monoisotopic (exact) mass is 889 g/mol. The third-order valence-electron chi connectivity index (χ3n) is 11.9. The number of aliphatic imine (C=N–C) groups is 2. The van der Waals surface area contributed by atoms with Gasteiger partial charge in [0.25, 0.3) is 11.8 Å². The van der Waals surface area contributed by atoms with Gasteiger partial charge in [-0.05, 0) is 71.1 Å². The van der Waals surface area contributed by atoms with Gasteiger partial charge in [0, 0.05) is 60.9 Å². The maximum absolute atomic E-state index is 14.0. The maximum atomic E-state index is 14.0. The summed E-state index contributed by atoms with van der Waals surface area (Å²) in [5, 5.41) is 19.7. The van der Waals surface area contributed by atoms with Crippen LogP contribution >= 0.6 is 0 Å². The van der Waals surface area contributed by atoms with Crippen LogP contribution in [0.25, 0.3) is 0 Å². The first kappa shape index (κ1) is 41.7. The molecule has 2 atom stereocenters. The summed E-state index contributed by atoms with van der Waals surface area (Å²) >= 11 is 0. The molecule has 2 N–H and O–H groups in total. The van der Waals surface area contributed by atoms with Gasteiger partial charge in [0.2, 0.25) is 11.8 Å². The molecule has 0 bridgehead atoms. The Bertz CT molecular complexity index is 2800. The first-order valence-corrected chi connectivity index (χ1v) is 21.3. The Kier molecular flexibility index (Phi) is 11.0. The Morgan fingerprint density at radius 2 is 1.14 bits per heavy atom. The van der Waals surface area contributed by atoms with Crippen molar-refractivity contribution >= 4 is 53.0 Å². The van der Waals surface area contributed by atoms with Gasteiger partial charge in [-0.15, -0.1) is 4.73 Å². The number of aromatic hydroxyl groups is 2. The summed E-state index contributed by atoms with van der Waals surface area (Å²) in [6.45, 7) is 0.216. The Hall–Kier alpha value is -8.27. The van der Waals surface area contributed by atoms with Crippen LogP contribution in [0.5, 0.6) is 40.5 Å². The van der Waals surface area contributed by atoms with E-state index in [1.807, 2.05) is 54.6 Å². The molecule has 4 aliphatic rings. The molecule has 4 aliphatic heterocycles. The minimum absolute atomic E-state index is 0.0507. The molecule has 5 aromatic carbocycles. The van der Waals surface area contributed by atoms with Gasteiger partial charge in [-0.25, -0.2) is 4.79 Å². The van der Waals surface area contributed by atoms with Crippen molar-refractivity contribution in [2.24, 2.45) is 9.98 Å². The van der Waals surface area contributed by atoms with Crippen molar-refractivity contribution < 1.29 is 53.1 Å². The van der Waals surface area contributed by atoms with E-state index in [-0.39, 0.29) is 56.6 Å². The van der Waals surface area contributed by atoms with Gasteiger partial charge < -0.3 is 38.7 Å². The molecule has 66 heavy (non-hydrogen) atoms. The molecule has 0 fully saturated rings. The molecule has 1 aromatic heterocycles. The van der Waals surface area contributed by atoms with E-state index in [4.69, 9.17) is 38.5 Å². The number of aromatic nitrogens is 1. The lowest BCUT2D eigenvalue weighted by Gasteiger charge is -2.22. The molecule has 0 saturated heterocycles. The van der Waals surface area contributed by atoms with Gasteiger partial charge in [-0.2, -0.15) is 0 Å². The summed E-state index contributed by atoms with van der Waals surface area (Å²) in [7, 11) is 3.02. The van der Waals surface area contributed by atoms with E-state index < -0.39 is 17.7 Å². The summed E-state index contributed by atoms with van der Waals surface area (Å²) < 4.78 is 31.0. The molecule has 0 spiro atoms. The van der Waals surface area contributed by atoms with E-state index in [1.54, 1.807) is 58.6 Å². The lowest BCUT2D eigenvalue weighted by molar-refractivity contribution is -0.145. The van der Waals surface area contributed by atoms with Crippen LogP contribution in [0.1, 0.15) is 55.8 Å². The van der Waals surface area contributed by atoms with Crippen molar-refractivity contribution in [2.45, 2.75) is 51.0 Å². The lowest BCUT2D eigenvalue weighted by Crippen LogP contribution is -2.37. The number of hydrogen-bond acceptors (Lipinski definition) is 13. The number of ether oxygens (including phenoxy) is 5. The van der Waals surface area contributed by atoms with E-state index in [0.29, 0.717) is 79.9 Å². The number of carbonyl (C=O) groups is 3. The van der Waals surface area contributed by atoms with Crippen molar-refractivity contribution in [1.29, 1.82) is 0 Å². The van der Waals surface area contributed by atoms with Gasteiger partial charge in [-0.1, -0.05) is 36.4 Å². The largest absolute Gasteiger partial charge is 0.494 e. The second kappa shape index (κ2) is 17.4. The second-order valence-corrected chi connectivity index (χ2v) is 16.1. The minimum Gasteiger partial charge on any atom is -0.494 e. The van der Waals surface area contributed by atoms with Crippen LogP contribution in [0.15, 0.2) is 113 Å². The predicted molar refractivity (Wildman–Crippen MR) is 243 cm³/mol. The number of nitrogens with zero attached hydrogens (tertiary/aromatic N) is 5. The van der Waals surface area contributed by atoms with E-state index in [0.717, 1.165) is 22.5 Å². The SMILES string of the molecule is COc1cc2c(cc1OCc1cc(COc3cc4c(cc3OC)C(=O)N3c5ccccc5C[C@H]3C=N4)cc(OCCCC(=O)On3c(O)ccc3O)c1)N=C[C@@H]1Cc3ccccc3N1C2=O. The van der Waals surface area contributed by atoms with Crippen LogP contribution < -0.4 is 38.3 Å². The third kappa shape index (κ3) is 7.86. The van der Waals surface area contributed by atoms with E-state index >= 15 is 0 Å². The Morgan fingerprint density at radius 3 is 1.64 bits per heavy atom. The predicted octanol–water partition coefficient (Wildman–Crippen LogP) is 7.46. The molecule has 0 unspecified atom stereocenters. The molecule has 16 heteroatoms. The molecule has 10 rings (SSSR count). The van der Waals surface area contributed by atoms with Crippen molar-refractivity contribution in [1.82, 2.24) is 4.73 Å². The number of anilines is 2. The molecule has 334 valence electrons. The highest BCUT2D eigenvalue weighted by Crippen LogP contribution is 2.43. The summed E-state index contributed by atoms with van der Waals surface area (Å²) in [5.41, 5.74) is 6.99. The van der Waals surface area contributed by atoms with E-state index in [1.165, 1.54) is 26.4 Å². The summed E-state index contributed by atoms with van der Waals surface area (Å²) in [5.74, 6) is 0.0363. The standard InChI is InChI=1S/C50H43N5O11/c1-61-42-21-36-38(51-25-33-19-31-8-3-5-10-40(31)53(33)49(36)59)23-44(42)64-27-29-16-30(18-35(17-29)63-15-7-12-48(58)66-55-46(56)13-14-47(55)57)28-65-45-24-39-37(22-43(45)62-2)50(60)54-34(26-52-39)20-32-9-4-6-11-41(32)54/h3-6,8-11,13-14,16-18,21-26,33-34,56-57H,7,12,15,19-20,27-28H2,1-2H3/t33-,34-/m0/s1. The van der Waals surface area contributed by atoms with Crippen LogP contribution in [0, 0.1) is 0 Å². The quantitative estimate of drug-likeness (QED) is 0.104. The van der Waals surface area contributed by atoms with Gasteiger partial charge in [0.15, 0.2) is 23.0 Å². The lowest BCUT2D eigenvalue weighted by atomic mass is 10.1. The normalized spacial score (nSPS) is 16.3. The number of amides is 2. The maximum Gasteiger partial charge on any atom is 0.333 e. The van der Waals surface area contributed by atoms with Gasteiger partial charge in [-0.3, -0.25) is 29.4 Å². The fraction of sp³-hybridized carbons (Fsp3) is 0.220. The van der Waals surface area contributed by atoms with Crippen molar-refractivity contribution in [3.63, 3.8) is 0 Å². The van der Waals surface area contributed by atoms with Gasteiger partial charge in [0.1, 0.15) is 19.0 Å². The average molecular weight is 890 g/mol. The third-order valence-corrected chi connectivity index (χ3v) is 11.9. The van der Waals surface area contributed by atoms with E-state index in [9.17, 15) is 24.6 Å². The fourth-order valence-corrected chi connectivity index (χ4v) is 8.73. The summed E-state index contributed by atoms with van der Waals surface area (Å²) in [4.78, 5) is 58.6. The smallest absolute Gasteiger partial charge is 0.333 e. The number of rotatable bonds is 14. The zero-order chi connectivity index (χ0) is 45.5. The van der Waals surface area contributed by atoms with Crippen LogP contribution in [0.2, 0.25) is 0 Å². The van der Waals surface area contributed by atoms with Crippen LogP contribution in [0.3, 0.4) is 0 Å². The molecule has 5 heterocycles. The van der Waals surface area contributed by atoms with Crippen LogP contribution in [0.4, 0.5) is 22.7 Å². The Labute approximate surface area is 378 Å². The number of para-hydroxylation sites is 2. The Balaban J connectivity index is 0.885. The Morgan fingerprint density at radius 1 is 0.636 bits per heavy atom. The van der Waals surface area contributed by atoms with Crippen molar-refractivity contribution in [3.05, 3.63) is 137 Å². The number of benzene rings is 5. The molecule has 0 aliphatic carbocycles. The second-order valence-electron chi connectivity index (χ2n) is 16.1.